The van der Waals surface area contributed by atoms with Crippen LogP contribution in [0.4, 0.5) is 0 Å². The Morgan fingerprint density at radius 1 is 1.44 bits per heavy atom. The third kappa shape index (κ3) is 2.69. The van der Waals surface area contributed by atoms with Gasteiger partial charge in [-0.2, -0.15) is 0 Å². The maximum Gasteiger partial charge on any atom is 0.308 e. The number of carboxylic acid groups (broad SMARTS) is 1. The molecule has 0 aliphatic heterocycles. The first-order valence-electron chi connectivity index (χ1n) is 5.74. The second kappa shape index (κ2) is 5.48. The lowest BCUT2D eigenvalue weighted by atomic mass is 10.0. The van der Waals surface area contributed by atoms with Crippen molar-refractivity contribution in [1.82, 2.24) is 10.3 Å². The first-order valence-corrected chi connectivity index (χ1v) is 6.53. The van der Waals surface area contributed by atoms with Crippen LogP contribution in [0.5, 0.6) is 0 Å². The molecule has 0 aromatic carbocycles. The Morgan fingerprint density at radius 3 is 2.89 bits per heavy atom. The maximum atomic E-state index is 12.0. The Morgan fingerprint density at radius 2 is 2.22 bits per heavy atom. The number of pyridine rings is 1. The van der Waals surface area contributed by atoms with Crippen molar-refractivity contribution in [3.8, 4) is 0 Å². The number of rotatable bonds is 3. The van der Waals surface area contributed by atoms with E-state index in [9.17, 15) is 9.59 Å². The zero-order chi connectivity index (χ0) is 13.1. The van der Waals surface area contributed by atoms with Gasteiger partial charge in [0.05, 0.1) is 11.5 Å². The molecular weight excluding hydrogens is 300 g/mol. The molecule has 2 N–H and O–H groups in total. The van der Waals surface area contributed by atoms with E-state index in [-0.39, 0.29) is 11.9 Å². The van der Waals surface area contributed by atoms with Crippen molar-refractivity contribution >= 4 is 27.8 Å². The fraction of sp³-hybridized carbons (Fsp3) is 0.417. The number of carbonyl (C=O) groups excluding carboxylic acids is 1. The molecule has 0 spiro atoms. The van der Waals surface area contributed by atoms with E-state index in [4.69, 9.17) is 5.11 Å². The van der Waals surface area contributed by atoms with Crippen LogP contribution < -0.4 is 5.32 Å². The van der Waals surface area contributed by atoms with Gasteiger partial charge in [-0.3, -0.25) is 9.59 Å². The molecule has 2 rings (SSSR count). The highest BCUT2D eigenvalue weighted by Crippen LogP contribution is 2.26. The van der Waals surface area contributed by atoms with E-state index in [1.165, 1.54) is 0 Å². The minimum absolute atomic E-state index is 0.284. The van der Waals surface area contributed by atoms with Gasteiger partial charge in [-0.25, -0.2) is 4.98 Å². The molecule has 0 bridgehead atoms. The molecule has 96 valence electrons. The molecule has 5 nitrogen and oxygen atoms in total. The van der Waals surface area contributed by atoms with Gasteiger partial charge in [0.2, 0.25) is 0 Å². The van der Waals surface area contributed by atoms with Gasteiger partial charge in [-0.05, 0) is 40.9 Å². The molecule has 2 atom stereocenters. The number of aliphatic carboxylic acids is 1. The summed E-state index contributed by atoms with van der Waals surface area (Å²) in [6.45, 7) is 0. The zero-order valence-electron chi connectivity index (χ0n) is 9.60. The zero-order valence-corrected chi connectivity index (χ0v) is 11.2. The number of amides is 1. The van der Waals surface area contributed by atoms with Gasteiger partial charge in [-0.1, -0.05) is 6.42 Å². The van der Waals surface area contributed by atoms with Gasteiger partial charge < -0.3 is 10.4 Å². The summed E-state index contributed by atoms with van der Waals surface area (Å²) in [5.41, 5.74) is 0.425. The molecule has 0 saturated heterocycles. The van der Waals surface area contributed by atoms with E-state index in [0.29, 0.717) is 23.0 Å². The largest absolute Gasteiger partial charge is 0.481 e. The summed E-state index contributed by atoms with van der Waals surface area (Å²) in [5.74, 6) is -1.61. The predicted octanol–water partition coefficient (Wildman–Crippen LogP) is 1.83. The summed E-state index contributed by atoms with van der Waals surface area (Å²) in [4.78, 5) is 27.0. The Labute approximate surface area is 113 Å². The number of carboxylic acids is 1. The Hall–Kier alpha value is -1.43. The van der Waals surface area contributed by atoms with E-state index in [2.05, 4.69) is 26.2 Å². The van der Waals surface area contributed by atoms with Crippen LogP contribution in [0.25, 0.3) is 0 Å². The topological polar surface area (TPSA) is 79.3 Å². The molecule has 1 saturated carbocycles. The predicted molar refractivity (Wildman–Crippen MR) is 68.2 cm³/mol. The Balaban J connectivity index is 2.08. The number of hydrogen-bond donors (Lipinski definition) is 2. The summed E-state index contributed by atoms with van der Waals surface area (Å²) >= 11 is 3.20. The van der Waals surface area contributed by atoms with Crippen molar-refractivity contribution in [2.45, 2.75) is 25.3 Å². The molecule has 1 aliphatic rings. The Bertz CT molecular complexity index is 478. The Kier molecular flexibility index (Phi) is 3.96. The van der Waals surface area contributed by atoms with Crippen LogP contribution in [0.2, 0.25) is 0 Å². The van der Waals surface area contributed by atoms with E-state index >= 15 is 0 Å². The standard InChI is InChI=1S/C12H13BrN2O3/c13-10-8(4-2-6-14-10)11(16)15-9-5-1-3-7(9)12(17)18/h2,4,6-7,9H,1,3,5H2,(H,15,16)(H,17,18). The van der Waals surface area contributed by atoms with Crippen LogP contribution >= 0.6 is 15.9 Å². The third-order valence-electron chi connectivity index (χ3n) is 3.15. The summed E-state index contributed by atoms with van der Waals surface area (Å²) < 4.78 is 0.465. The number of hydrogen-bond acceptors (Lipinski definition) is 3. The van der Waals surface area contributed by atoms with E-state index in [1.807, 2.05) is 0 Å². The van der Waals surface area contributed by atoms with Crippen molar-refractivity contribution in [2.24, 2.45) is 5.92 Å². The highest BCUT2D eigenvalue weighted by atomic mass is 79.9. The van der Waals surface area contributed by atoms with Crippen molar-refractivity contribution < 1.29 is 14.7 Å². The molecule has 2 unspecified atom stereocenters. The van der Waals surface area contributed by atoms with Gasteiger partial charge in [0.1, 0.15) is 4.60 Å². The van der Waals surface area contributed by atoms with Crippen molar-refractivity contribution in [3.63, 3.8) is 0 Å². The lowest BCUT2D eigenvalue weighted by Gasteiger charge is -2.17. The highest BCUT2D eigenvalue weighted by Gasteiger charge is 2.34. The van der Waals surface area contributed by atoms with Crippen LogP contribution in [0, 0.1) is 5.92 Å². The molecular formula is C12H13BrN2O3. The second-order valence-electron chi connectivity index (χ2n) is 4.30. The number of halogens is 1. The van der Waals surface area contributed by atoms with E-state index in [1.54, 1.807) is 18.3 Å². The number of nitrogens with one attached hydrogen (secondary N) is 1. The van der Waals surface area contributed by atoms with Crippen LogP contribution in [-0.2, 0) is 4.79 Å². The molecule has 0 radical (unpaired) electrons. The summed E-state index contributed by atoms with van der Waals surface area (Å²) in [6.07, 6.45) is 3.74. The molecule has 1 aromatic rings. The van der Waals surface area contributed by atoms with Crippen LogP contribution in [0.3, 0.4) is 0 Å². The summed E-state index contributed by atoms with van der Waals surface area (Å²) in [6, 6.07) is 3.03. The molecule has 1 heterocycles. The van der Waals surface area contributed by atoms with E-state index in [0.717, 1.165) is 6.42 Å². The first-order chi connectivity index (χ1) is 8.59. The van der Waals surface area contributed by atoms with Crippen LogP contribution in [-0.4, -0.2) is 28.0 Å². The summed E-state index contributed by atoms with van der Waals surface area (Å²) in [5, 5.41) is 11.8. The maximum absolute atomic E-state index is 12.0. The van der Waals surface area contributed by atoms with Gasteiger partial charge in [0.15, 0.2) is 0 Å². The molecule has 1 aromatic heterocycles. The molecule has 1 fully saturated rings. The molecule has 6 heteroatoms. The number of carbonyl (C=O) groups is 2. The summed E-state index contributed by atoms with van der Waals surface area (Å²) in [7, 11) is 0. The lowest BCUT2D eigenvalue weighted by Crippen LogP contribution is -2.40. The average Bonchev–Trinajstić information content (AvgIpc) is 2.77. The normalized spacial score (nSPS) is 22.7. The first kappa shape index (κ1) is 13.0. The van der Waals surface area contributed by atoms with Crippen molar-refractivity contribution in [2.75, 3.05) is 0 Å². The lowest BCUT2D eigenvalue weighted by molar-refractivity contribution is -0.142. The quantitative estimate of drug-likeness (QED) is 0.834. The third-order valence-corrected chi connectivity index (χ3v) is 3.79. The van der Waals surface area contributed by atoms with Crippen LogP contribution in [0.1, 0.15) is 29.6 Å². The fourth-order valence-electron chi connectivity index (χ4n) is 2.23. The highest BCUT2D eigenvalue weighted by molar-refractivity contribution is 9.10. The van der Waals surface area contributed by atoms with Gasteiger partial charge >= 0.3 is 5.97 Å². The second-order valence-corrected chi connectivity index (χ2v) is 5.05. The number of aromatic nitrogens is 1. The fourth-order valence-corrected chi connectivity index (χ4v) is 2.66. The van der Waals surface area contributed by atoms with Crippen molar-refractivity contribution in [3.05, 3.63) is 28.5 Å². The van der Waals surface area contributed by atoms with Crippen molar-refractivity contribution in [1.29, 1.82) is 0 Å². The smallest absolute Gasteiger partial charge is 0.308 e. The SMILES string of the molecule is O=C(NC1CCCC1C(=O)O)c1cccnc1Br. The molecule has 1 amide bonds. The van der Waals surface area contributed by atoms with E-state index < -0.39 is 11.9 Å². The minimum atomic E-state index is -0.844. The molecule has 1 aliphatic carbocycles. The van der Waals surface area contributed by atoms with Gasteiger partial charge in [0, 0.05) is 12.2 Å². The molecule has 18 heavy (non-hydrogen) atoms. The number of nitrogens with zero attached hydrogens (tertiary/aromatic N) is 1. The monoisotopic (exact) mass is 312 g/mol. The average molecular weight is 313 g/mol. The van der Waals surface area contributed by atoms with Gasteiger partial charge in [0.25, 0.3) is 5.91 Å². The van der Waals surface area contributed by atoms with Gasteiger partial charge in [-0.15, -0.1) is 0 Å². The minimum Gasteiger partial charge on any atom is -0.481 e. The van der Waals surface area contributed by atoms with Crippen LogP contribution in [0.15, 0.2) is 22.9 Å².